The number of hydrogen-bond acceptors (Lipinski definition) is 4. The van der Waals surface area contributed by atoms with E-state index in [9.17, 15) is 9.50 Å². The van der Waals surface area contributed by atoms with E-state index < -0.39 is 5.82 Å². The number of nitrogens with zero attached hydrogens (tertiary/aromatic N) is 2. The standard InChI is InChI=1S/C19H22FN3O3.HI/c1-21-19(22-9-13-3-5-16(20)15(7-13)11-24)23(2)10-14-4-6-17-18(8-14)26-12-25-17;/h3-8,24H,9-12H2,1-2H3,(H,21,22);1H. The summed E-state index contributed by atoms with van der Waals surface area (Å²) in [6.45, 7) is 1.05. The molecule has 3 rings (SSSR count). The highest BCUT2D eigenvalue weighted by molar-refractivity contribution is 14.0. The molecule has 2 N–H and O–H groups in total. The molecule has 0 fully saturated rings. The summed E-state index contributed by atoms with van der Waals surface area (Å²) < 4.78 is 24.2. The number of aliphatic hydroxyl groups excluding tert-OH is 1. The summed E-state index contributed by atoms with van der Waals surface area (Å²) >= 11 is 0. The first-order valence-corrected chi connectivity index (χ1v) is 8.29. The number of guanidine groups is 1. The van der Waals surface area contributed by atoms with Gasteiger partial charge in [-0.05, 0) is 35.4 Å². The van der Waals surface area contributed by atoms with Crippen LogP contribution in [0.1, 0.15) is 16.7 Å². The van der Waals surface area contributed by atoms with E-state index in [1.54, 1.807) is 19.2 Å². The van der Waals surface area contributed by atoms with Gasteiger partial charge in [-0.25, -0.2) is 4.39 Å². The van der Waals surface area contributed by atoms with Gasteiger partial charge in [0.1, 0.15) is 5.82 Å². The van der Waals surface area contributed by atoms with Crippen molar-refractivity contribution in [2.75, 3.05) is 20.9 Å². The Morgan fingerprint density at radius 2 is 1.93 bits per heavy atom. The van der Waals surface area contributed by atoms with Gasteiger partial charge in [-0.15, -0.1) is 24.0 Å². The molecule has 0 amide bonds. The number of aliphatic hydroxyl groups is 1. The first-order valence-electron chi connectivity index (χ1n) is 8.29. The minimum absolute atomic E-state index is 0. The number of benzene rings is 2. The Morgan fingerprint density at radius 3 is 2.67 bits per heavy atom. The number of nitrogens with one attached hydrogen (secondary N) is 1. The summed E-state index contributed by atoms with van der Waals surface area (Å²) in [6.07, 6.45) is 0. The van der Waals surface area contributed by atoms with E-state index in [0.29, 0.717) is 19.0 Å². The minimum atomic E-state index is -0.402. The second-order valence-corrected chi connectivity index (χ2v) is 6.03. The topological polar surface area (TPSA) is 66.3 Å². The summed E-state index contributed by atoms with van der Waals surface area (Å²) in [7, 11) is 3.64. The fourth-order valence-corrected chi connectivity index (χ4v) is 2.81. The van der Waals surface area contributed by atoms with Gasteiger partial charge in [-0.1, -0.05) is 12.1 Å². The molecule has 1 heterocycles. The first-order chi connectivity index (χ1) is 12.6. The third-order valence-corrected chi connectivity index (χ3v) is 4.16. The largest absolute Gasteiger partial charge is 0.454 e. The molecule has 0 saturated carbocycles. The zero-order valence-electron chi connectivity index (χ0n) is 15.2. The van der Waals surface area contributed by atoms with Crippen molar-refractivity contribution >= 4 is 29.9 Å². The average molecular weight is 487 g/mol. The second kappa shape index (κ2) is 9.75. The Hall–Kier alpha value is -2.07. The number of hydrogen-bond donors (Lipinski definition) is 2. The predicted octanol–water partition coefficient (Wildman–Crippen LogP) is 2.87. The maximum atomic E-state index is 13.5. The highest BCUT2D eigenvalue weighted by atomic mass is 127. The van der Waals surface area contributed by atoms with E-state index in [1.807, 2.05) is 30.1 Å². The van der Waals surface area contributed by atoms with Crippen LogP contribution >= 0.6 is 24.0 Å². The van der Waals surface area contributed by atoms with Gasteiger partial charge in [-0.3, -0.25) is 4.99 Å². The number of aliphatic imine (C=N–C) groups is 1. The molecule has 0 spiro atoms. The third-order valence-electron chi connectivity index (χ3n) is 4.16. The number of rotatable bonds is 5. The van der Waals surface area contributed by atoms with E-state index in [0.717, 1.165) is 22.6 Å². The molecular formula is C19H23FIN3O3. The molecule has 0 aromatic heterocycles. The monoisotopic (exact) mass is 487 g/mol. The van der Waals surface area contributed by atoms with Crippen LogP contribution in [0.4, 0.5) is 4.39 Å². The van der Waals surface area contributed by atoms with Gasteiger partial charge in [0.25, 0.3) is 0 Å². The van der Waals surface area contributed by atoms with Gasteiger partial charge in [0, 0.05) is 32.7 Å². The van der Waals surface area contributed by atoms with Gasteiger partial charge in [0.2, 0.25) is 6.79 Å². The Morgan fingerprint density at radius 1 is 1.19 bits per heavy atom. The van der Waals surface area contributed by atoms with Crippen molar-refractivity contribution in [3.05, 3.63) is 58.9 Å². The van der Waals surface area contributed by atoms with Crippen LogP contribution in [0.25, 0.3) is 0 Å². The highest BCUT2D eigenvalue weighted by Gasteiger charge is 2.14. The van der Waals surface area contributed by atoms with Gasteiger partial charge in [0.05, 0.1) is 6.61 Å². The van der Waals surface area contributed by atoms with Crippen molar-refractivity contribution < 1.29 is 19.0 Å². The van der Waals surface area contributed by atoms with E-state index in [1.165, 1.54) is 6.07 Å². The molecule has 6 nitrogen and oxygen atoms in total. The van der Waals surface area contributed by atoms with Gasteiger partial charge in [0.15, 0.2) is 17.5 Å². The maximum absolute atomic E-state index is 13.5. The molecule has 2 aromatic carbocycles. The lowest BCUT2D eigenvalue weighted by atomic mass is 10.1. The molecule has 0 radical (unpaired) electrons. The van der Waals surface area contributed by atoms with E-state index in [-0.39, 0.29) is 42.9 Å². The van der Waals surface area contributed by atoms with Crippen LogP contribution < -0.4 is 14.8 Å². The lowest BCUT2D eigenvalue weighted by Gasteiger charge is -2.22. The molecule has 0 aliphatic carbocycles. The SMILES string of the molecule is CN=C(NCc1ccc(F)c(CO)c1)N(C)Cc1ccc2c(c1)OCO2.I. The fourth-order valence-electron chi connectivity index (χ4n) is 2.81. The highest BCUT2D eigenvalue weighted by Crippen LogP contribution is 2.32. The Labute approximate surface area is 175 Å². The third kappa shape index (κ3) is 5.23. The Balaban J connectivity index is 0.00000261. The summed E-state index contributed by atoms with van der Waals surface area (Å²) in [4.78, 5) is 6.26. The van der Waals surface area contributed by atoms with Crippen LogP contribution in [0.15, 0.2) is 41.4 Å². The number of ether oxygens (including phenoxy) is 2. The van der Waals surface area contributed by atoms with Crippen LogP contribution in [0, 0.1) is 5.82 Å². The lowest BCUT2D eigenvalue weighted by Crippen LogP contribution is -2.38. The summed E-state index contributed by atoms with van der Waals surface area (Å²) in [5.74, 6) is 1.81. The smallest absolute Gasteiger partial charge is 0.231 e. The molecular weight excluding hydrogens is 464 g/mol. The van der Waals surface area contributed by atoms with Crippen LogP contribution in [0.5, 0.6) is 11.5 Å². The van der Waals surface area contributed by atoms with Crippen molar-refractivity contribution in [1.29, 1.82) is 0 Å². The Kier molecular flexibility index (Phi) is 7.66. The fraction of sp³-hybridized carbons (Fsp3) is 0.316. The molecule has 0 unspecified atom stereocenters. The quantitative estimate of drug-likeness (QED) is 0.386. The zero-order chi connectivity index (χ0) is 18.5. The lowest BCUT2D eigenvalue weighted by molar-refractivity contribution is 0.174. The van der Waals surface area contributed by atoms with E-state index >= 15 is 0 Å². The van der Waals surface area contributed by atoms with Crippen molar-refractivity contribution in [2.45, 2.75) is 19.7 Å². The minimum Gasteiger partial charge on any atom is -0.454 e. The number of halogens is 2. The van der Waals surface area contributed by atoms with Gasteiger partial charge < -0.3 is 24.8 Å². The summed E-state index contributed by atoms with van der Waals surface area (Å²) in [5, 5.41) is 12.4. The summed E-state index contributed by atoms with van der Waals surface area (Å²) in [5.41, 5.74) is 2.23. The first kappa shape index (κ1) is 21.2. The summed E-state index contributed by atoms with van der Waals surface area (Å²) in [6, 6.07) is 10.5. The molecule has 0 saturated heterocycles. The molecule has 2 aromatic rings. The molecule has 0 atom stereocenters. The normalized spacial score (nSPS) is 12.5. The van der Waals surface area contributed by atoms with Crippen molar-refractivity contribution in [3.63, 3.8) is 0 Å². The van der Waals surface area contributed by atoms with Crippen LogP contribution in [0.2, 0.25) is 0 Å². The van der Waals surface area contributed by atoms with E-state index in [4.69, 9.17) is 9.47 Å². The van der Waals surface area contributed by atoms with Gasteiger partial charge >= 0.3 is 0 Å². The zero-order valence-corrected chi connectivity index (χ0v) is 17.6. The van der Waals surface area contributed by atoms with Crippen molar-refractivity contribution in [3.8, 4) is 11.5 Å². The van der Waals surface area contributed by atoms with Crippen molar-refractivity contribution in [2.24, 2.45) is 4.99 Å². The Bertz CT molecular complexity index is 817. The molecule has 0 bridgehead atoms. The average Bonchev–Trinajstić information content (AvgIpc) is 3.11. The van der Waals surface area contributed by atoms with Crippen LogP contribution in [-0.4, -0.2) is 36.9 Å². The second-order valence-electron chi connectivity index (χ2n) is 6.03. The van der Waals surface area contributed by atoms with Crippen molar-refractivity contribution in [1.82, 2.24) is 10.2 Å². The number of fused-ring (bicyclic) bond motifs is 1. The molecule has 146 valence electrons. The van der Waals surface area contributed by atoms with Gasteiger partial charge in [-0.2, -0.15) is 0 Å². The van der Waals surface area contributed by atoms with Crippen LogP contribution in [0.3, 0.4) is 0 Å². The van der Waals surface area contributed by atoms with E-state index in [2.05, 4.69) is 10.3 Å². The molecule has 1 aliphatic rings. The molecule has 27 heavy (non-hydrogen) atoms. The molecule has 1 aliphatic heterocycles. The van der Waals surface area contributed by atoms with Crippen LogP contribution in [-0.2, 0) is 19.7 Å². The molecule has 8 heteroatoms. The maximum Gasteiger partial charge on any atom is 0.231 e. The predicted molar refractivity (Wildman–Crippen MR) is 112 cm³/mol.